The summed E-state index contributed by atoms with van der Waals surface area (Å²) in [6.45, 7) is 2.34. The molecule has 0 saturated carbocycles. The highest BCUT2D eigenvalue weighted by Gasteiger charge is 2.32. The molecule has 0 aromatic heterocycles. The molecule has 1 unspecified atom stereocenters. The van der Waals surface area contributed by atoms with Crippen LogP contribution in [0.25, 0.3) is 0 Å². The zero-order valence-corrected chi connectivity index (χ0v) is 15.8. The highest BCUT2D eigenvalue weighted by atomic mass is 32.2. The number of carbonyl (C=O) groups is 1. The molecule has 1 heterocycles. The molecule has 0 bridgehead atoms. The van der Waals surface area contributed by atoms with Crippen LogP contribution < -0.4 is 9.62 Å². The number of hydrogen-bond acceptors (Lipinski definition) is 4. The first kappa shape index (κ1) is 18.4. The predicted octanol–water partition coefficient (Wildman–Crippen LogP) is 2.80. The van der Waals surface area contributed by atoms with Crippen molar-refractivity contribution in [3.05, 3.63) is 59.2 Å². The quantitative estimate of drug-likeness (QED) is 0.873. The van der Waals surface area contributed by atoms with Gasteiger partial charge in [0.25, 0.3) is 5.91 Å². The minimum atomic E-state index is -3.34. The maximum absolute atomic E-state index is 12.6. The predicted molar refractivity (Wildman–Crippen MR) is 102 cm³/mol. The smallest absolute Gasteiger partial charge is 0.255 e. The molecule has 7 heteroatoms. The van der Waals surface area contributed by atoms with Gasteiger partial charge in [-0.15, -0.1) is 0 Å². The minimum Gasteiger partial charge on any atom is -0.380 e. The van der Waals surface area contributed by atoms with E-state index in [1.165, 1.54) is 10.6 Å². The average Bonchev–Trinajstić information content (AvgIpc) is 2.90. The van der Waals surface area contributed by atoms with Crippen LogP contribution in [0, 0.1) is 0 Å². The number of rotatable bonds is 5. The third kappa shape index (κ3) is 3.73. The molecule has 1 amide bonds. The molecule has 1 N–H and O–H groups in total. The lowest BCUT2D eigenvalue weighted by Crippen LogP contribution is -2.34. The highest BCUT2D eigenvalue weighted by molar-refractivity contribution is 7.92. The van der Waals surface area contributed by atoms with Crippen molar-refractivity contribution in [1.82, 2.24) is 0 Å². The molecule has 2 aromatic carbocycles. The summed E-state index contributed by atoms with van der Waals surface area (Å²) in [5.74, 6) is -0.229. The number of ether oxygens (including phenoxy) is 1. The first-order chi connectivity index (χ1) is 12.3. The molecule has 6 nitrogen and oxygen atoms in total. The molecule has 0 radical (unpaired) electrons. The monoisotopic (exact) mass is 374 g/mol. The third-order valence-corrected chi connectivity index (χ3v) is 5.62. The largest absolute Gasteiger partial charge is 0.380 e. The SMILES string of the molecule is COCc1cccc(NC(=O)c2ccc3c(c2)CC(C)N3S(C)(=O)=O)c1. The van der Waals surface area contributed by atoms with Crippen LogP contribution in [0.15, 0.2) is 42.5 Å². The van der Waals surface area contributed by atoms with Crippen molar-refractivity contribution in [1.29, 1.82) is 0 Å². The Hall–Kier alpha value is -2.38. The average molecular weight is 374 g/mol. The molecule has 0 spiro atoms. The topological polar surface area (TPSA) is 75.7 Å². The molecule has 2 aromatic rings. The summed E-state index contributed by atoms with van der Waals surface area (Å²) in [5, 5.41) is 2.87. The summed E-state index contributed by atoms with van der Waals surface area (Å²) in [6, 6.07) is 12.4. The van der Waals surface area contributed by atoms with Gasteiger partial charge in [0, 0.05) is 24.4 Å². The second-order valence-corrected chi connectivity index (χ2v) is 8.40. The Morgan fingerprint density at radius 1 is 1.27 bits per heavy atom. The summed E-state index contributed by atoms with van der Waals surface area (Å²) < 4.78 is 30.5. The number of hydrogen-bond donors (Lipinski definition) is 1. The van der Waals surface area contributed by atoms with Gasteiger partial charge in [-0.25, -0.2) is 8.42 Å². The molecule has 0 saturated heterocycles. The number of amides is 1. The molecule has 0 fully saturated rings. The summed E-state index contributed by atoms with van der Waals surface area (Å²) >= 11 is 0. The number of fused-ring (bicyclic) bond motifs is 1. The van der Waals surface area contributed by atoms with Gasteiger partial charge < -0.3 is 10.1 Å². The van der Waals surface area contributed by atoms with Crippen molar-refractivity contribution in [3.8, 4) is 0 Å². The Morgan fingerprint density at radius 3 is 2.73 bits per heavy atom. The van der Waals surface area contributed by atoms with Crippen molar-refractivity contribution >= 4 is 27.3 Å². The molecule has 138 valence electrons. The number of benzene rings is 2. The highest BCUT2D eigenvalue weighted by Crippen LogP contribution is 2.34. The third-order valence-electron chi connectivity index (χ3n) is 4.35. The fourth-order valence-electron chi connectivity index (χ4n) is 3.36. The van der Waals surface area contributed by atoms with Gasteiger partial charge in [0.15, 0.2) is 0 Å². The van der Waals surface area contributed by atoms with Gasteiger partial charge in [-0.3, -0.25) is 9.10 Å². The van der Waals surface area contributed by atoms with Crippen molar-refractivity contribution in [3.63, 3.8) is 0 Å². The molecular formula is C19H22N2O4S. The van der Waals surface area contributed by atoms with E-state index >= 15 is 0 Å². The van der Waals surface area contributed by atoms with E-state index in [-0.39, 0.29) is 11.9 Å². The van der Waals surface area contributed by atoms with Gasteiger partial charge in [-0.05, 0) is 54.8 Å². The Bertz CT molecular complexity index is 940. The van der Waals surface area contributed by atoms with Gasteiger partial charge in [0.1, 0.15) is 0 Å². The molecule has 1 atom stereocenters. The van der Waals surface area contributed by atoms with Crippen molar-refractivity contribution in [2.75, 3.05) is 23.0 Å². The second kappa shape index (κ2) is 7.09. The number of carbonyl (C=O) groups excluding carboxylic acids is 1. The Balaban J connectivity index is 1.82. The Kier molecular flexibility index (Phi) is 5.02. The normalized spacial score (nSPS) is 16.4. The zero-order chi connectivity index (χ0) is 18.9. The van der Waals surface area contributed by atoms with Crippen LogP contribution in [0.1, 0.15) is 28.4 Å². The van der Waals surface area contributed by atoms with Crippen LogP contribution in [0.5, 0.6) is 0 Å². The van der Waals surface area contributed by atoms with Crippen LogP contribution in [-0.4, -0.2) is 33.7 Å². The second-order valence-electron chi connectivity index (χ2n) is 6.54. The molecule has 1 aliphatic heterocycles. The van der Waals surface area contributed by atoms with Crippen LogP contribution >= 0.6 is 0 Å². The van der Waals surface area contributed by atoms with E-state index in [0.717, 1.165) is 11.1 Å². The summed E-state index contributed by atoms with van der Waals surface area (Å²) in [7, 11) is -1.71. The standard InChI is InChI=1S/C19H22N2O4S/c1-13-9-16-11-15(7-8-18(16)21(13)26(3,23)24)19(22)20-17-6-4-5-14(10-17)12-25-2/h4-8,10-11,13H,9,12H2,1-3H3,(H,20,22). The first-order valence-electron chi connectivity index (χ1n) is 8.31. The summed E-state index contributed by atoms with van der Waals surface area (Å²) in [6.07, 6.45) is 1.79. The molecular weight excluding hydrogens is 352 g/mol. The van der Waals surface area contributed by atoms with Crippen LogP contribution in [0.3, 0.4) is 0 Å². The first-order valence-corrected chi connectivity index (χ1v) is 10.2. The van der Waals surface area contributed by atoms with Gasteiger partial charge in [-0.2, -0.15) is 0 Å². The van der Waals surface area contributed by atoms with Gasteiger partial charge in [0.05, 0.1) is 18.6 Å². The molecule has 1 aliphatic rings. The zero-order valence-electron chi connectivity index (χ0n) is 15.0. The van der Waals surface area contributed by atoms with Crippen molar-refractivity contribution in [2.24, 2.45) is 0 Å². The lowest BCUT2D eigenvalue weighted by molar-refractivity contribution is 0.102. The van der Waals surface area contributed by atoms with Crippen molar-refractivity contribution < 1.29 is 17.9 Å². The number of nitrogens with zero attached hydrogens (tertiary/aromatic N) is 1. The number of anilines is 2. The number of nitrogens with one attached hydrogen (secondary N) is 1. The van der Waals surface area contributed by atoms with Gasteiger partial charge >= 0.3 is 0 Å². The van der Waals surface area contributed by atoms with E-state index < -0.39 is 10.0 Å². The van der Waals surface area contributed by atoms with E-state index in [9.17, 15) is 13.2 Å². The van der Waals surface area contributed by atoms with E-state index in [1.54, 1.807) is 25.3 Å². The molecule has 3 rings (SSSR count). The van der Waals surface area contributed by atoms with Crippen molar-refractivity contribution in [2.45, 2.75) is 26.0 Å². The Morgan fingerprint density at radius 2 is 2.04 bits per heavy atom. The van der Waals surface area contributed by atoms with Crippen LogP contribution in [0.2, 0.25) is 0 Å². The van der Waals surface area contributed by atoms with Gasteiger partial charge in [-0.1, -0.05) is 12.1 Å². The number of methoxy groups -OCH3 is 1. The minimum absolute atomic E-state index is 0.149. The van der Waals surface area contributed by atoms with E-state index in [2.05, 4.69) is 5.32 Å². The van der Waals surface area contributed by atoms with Crippen LogP contribution in [-0.2, 0) is 27.8 Å². The van der Waals surface area contributed by atoms with E-state index in [4.69, 9.17) is 4.74 Å². The summed E-state index contributed by atoms with van der Waals surface area (Å²) in [5.41, 5.74) is 3.68. The fraction of sp³-hybridized carbons (Fsp3) is 0.316. The maximum atomic E-state index is 12.6. The molecule has 26 heavy (non-hydrogen) atoms. The summed E-state index contributed by atoms with van der Waals surface area (Å²) in [4.78, 5) is 12.6. The fourth-order valence-corrected chi connectivity index (χ4v) is 4.62. The molecule has 0 aliphatic carbocycles. The Labute approximate surface area is 153 Å². The van der Waals surface area contributed by atoms with Crippen LogP contribution in [0.4, 0.5) is 11.4 Å². The number of sulfonamides is 1. The van der Waals surface area contributed by atoms with E-state index in [0.29, 0.717) is 30.0 Å². The maximum Gasteiger partial charge on any atom is 0.255 e. The van der Waals surface area contributed by atoms with E-state index in [1.807, 2.05) is 31.2 Å². The lowest BCUT2D eigenvalue weighted by Gasteiger charge is -2.21. The lowest BCUT2D eigenvalue weighted by atomic mass is 10.1. The van der Waals surface area contributed by atoms with Gasteiger partial charge in [0.2, 0.25) is 10.0 Å².